The zero-order valence-corrected chi connectivity index (χ0v) is 17.2. The maximum Gasteiger partial charge on any atom is 0.322 e. The van der Waals surface area contributed by atoms with Gasteiger partial charge in [-0.15, -0.1) is 0 Å². The molecule has 1 aromatic carbocycles. The van der Waals surface area contributed by atoms with Crippen molar-refractivity contribution < 1.29 is 14.6 Å². The second-order valence-corrected chi connectivity index (χ2v) is 6.93. The lowest BCUT2D eigenvalue weighted by Crippen LogP contribution is -2.38. The molecule has 6 heteroatoms. The van der Waals surface area contributed by atoms with E-state index in [0.717, 1.165) is 44.7 Å². The number of hydrogen-bond acceptors (Lipinski definition) is 5. The smallest absolute Gasteiger partial charge is 0.322 e. The molecule has 0 bridgehead atoms. The lowest BCUT2D eigenvalue weighted by atomic mass is 9.78. The van der Waals surface area contributed by atoms with Crippen molar-refractivity contribution in [1.29, 1.82) is 0 Å². The van der Waals surface area contributed by atoms with Crippen LogP contribution in [-0.2, 0) is 10.2 Å². The van der Waals surface area contributed by atoms with E-state index in [1.165, 1.54) is 0 Å². The quantitative estimate of drug-likeness (QED) is 0.479. The van der Waals surface area contributed by atoms with Crippen molar-refractivity contribution >= 4 is 5.97 Å². The van der Waals surface area contributed by atoms with Crippen LogP contribution in [0, 0.1) is 0 Å². The number of benzene rings is 1. The Kier molecular flexibility index (Phi) is 8.54. The number of carboxylic acids is 1. The average Bonchev–Trinajstić information content (AvgIpc) is 2.73. The van der Waals surface area contributed by atoms with E-state index in [4.69, 9.17) is 4.74 Å². The highest BCUT2D eigenvalue weighted by atomic mass is 16.5. The first-order valence-corrected chi connectivity index (χ1v) is 10.0. The second kappa shape index (κ2) is 10.9. The minimum atomic E-state index is -1.24. The molecule has 154 valence electrons. The van der Waals surface area contributed by atoms with Crippen LogP contribution in [0.25, 0.3) is 0 Å². The molecule has 0 radical (unpaired) electrons. The van der Waals surface area contributed by atoms with Crippen LogP contribution in [0.4, 0.5) is 0 Å². The van der Waals surface area contributed by atoms with Crippen LogP contribution in [0.15, 0.2) is 48.3 Å². The fourth-order valence-electron chi connectivity index (χ4n) is 3.50. The van der Waals surface area contributed by atoms with Crippen LogP contribution in [-0.4, -0.2) is 55.8 Å². The molecule has 1 aromatic rings. The molecule has 0 saturated heterocycles. The highest BCUT2D eigenvalue weighted by molar-refractivity contribution is 5.88. The maximum absolute atomic E-state index is 12.2. The first-order valence-electron chi connectivity index (χ1n) is 10.0. The molecular formula is C22H33N3O3. The minimum absolute atomic E-state index is 0.566. The number of rotatable bonds is 12. The van der Waals surface area contributed by atoms with Gasteiger partial charge in [-0.1, -0.05) is 32.0 Å². The first-order chi connectivity index (χ1) is 13.6. The number of para-hydroxylation sites is 1. The SMILES string of the molecule is CCN(CC)CCCCNCC1=CC(C(=O)O)(c2ccccc2OC)C=CN1. The molecule has 0 fully saturated rings. The summed E-state index contributed by atoms with van der Waals surface area (Å²) in [5.41, 5.74) is 0.233. The summed E-state index contributed by atoms with van der Waals surface area (Å²) in [5, 5.41) is 16.6. The fraction of sp³-hybridized carbons (Fsp3) is 0.500. The number of nitrogens with one attached hydrogen (secondary N) is 2. The predicted octanol–water partition coefficient (Wildman–Crippen LogP) is 2.73. The molecule has 3 N–H and O–H groups in total. The van der Waals surface area contributed by atoms with E-state index >= 15 is 0 Å². The third-order valence-corrected chi connectivity index (χ3v) is 5.21. The Balaban J connectivity index is 1.99. The van der Waals surface area contributed by atoms with Crippen molar-refractivity contribution in [3.63, 3.8) is 0 Å². The highest BCUT2D eigenvalue weighted by Crippen LogP contribution is 2.36. The van der Waals surface area contributed by atoms with E-state index in [1.54, 1.807) is 37.6 Å². The Hall–Kier alpha value is -2.31. The van der Waals surface area contributed by atoms with Gasteiger partial charge in [-0.2, -0.15) is 0 Å². The Bertz CT molecular complexity index is 698. The number of nitrogens with zero attached hydrogens (tertiary/aromatic N) is 1. The summed E-state index contributed by atoms with van der Waals surface area (Å²) in [5.74, 6) is -0.358. The highest BCUT2D eigenvalue weighted by Gasteiger charge is 2.40. The van der Waals surface area contributed by atoms with Gasteiger partial charge in [0.05, 0.1) is 7.11 Å². The zero-order chi connectivity index (χ0) is 20.4. The summed E-state index contributed by atoms with van der Waals surface area (Å²) in [6.45, 7) is 9.17. The molecule has 6 nitrogen and oxygen atoms in total. The Labute approximate surface area is 168 Å². The van der Waals surface area contributed by atoms with E-state index in [-0.39, 0.29) is 0 Å². The summed E-state index contributed by atoms with van der Waals surface area (Å²) in [6, 6.07) is 7.27. The van der Waals surface area contributed by atoms with Crippen LogP contribution >= 0.6 is 0 Å². The second-order valence-electron chi connectivity index (χ2n) is 6.93. The Morgan fingerprint density at radius 3 is 2.68 bits per heavy atom. The fourth-order valence-corrected chi connectivity index (χ4v) is 3.50. The lowest BCUT2D eigenvalue weighted by Gasteiger charge is -2.29. The molecule has 1 unspecified atom stereocenters. The van der Waals surface area contributed by atoms with Crippen LogP contribution in [0.1, 0.15) is 32.3 Å². The van der Waals surface area contributed by atoms with Gasteiger partial charge < -0.3 is 25.4 Å². The number of carbonyl (C=O) groups is 1. The van der Waals surface area contributed by atoms with Crippen LogP contribution in [0.2, 0.25) is 0 Å². The maximum atomic E-state index is 12.2. The predicted molar refractivity (Wildman–Crippen MR) is 113 cm³/mol. The minimum Gasteiger partial charge on any atom is -0.496 e. The molecule has 1 aliphatic rings. The Morgan fingerprint density at radius 1 is 1.25 bits per heavy atom. The molecule has 28 heavy (non-hydrogen) atoms. The molecule has 0 amide bonds. The first kappa shape index (κ1) is 22.0. The monoisotopic (exact) mass is 387 g/mol. The largest absolute Gasteiger partial charge is 0.496 e. The number of carboxylic acid groups (broad SMARTS) is 1. The number of dihydropyridines is 1. The molecule has 1 heterocycles. The van der Waals surface area contributed by atoms with E-state index < -0.39 is 11.4 Å². The molecule has 1 atom stereocenters. The number of ether oxygens (including phenoxy) is 1. The number of hydrogen-bond donors (Lipinski definition) is 3. The van der Waals surface area contributed by atoms with Gasteiger partial charge in [0, 0.05) is 17.8 Å². The van der Waals surface area contributed by atoms with Gasteiger partial charge in [-0.05, 0) is 63.4 Å². The van der Waals surface area contributed by atoms with Gasteiger partial charge in [0.2, 0.25) is 0 Å². The van der Waals surface area contributed by atoms with Crippen LogP contribution in [0.5, 0.6) is 5.75 Å². The molecule has 1 aliphatic heterocycles. The lowest BCUT2D eigenvalue weighted by molar-refractivity contribution is -0.140. The standard InChI is InChI=1S/C22H33N3O3/c1-4-25(5-2)15-9-8-13-23-17-18-16-22(21(26)27,12-14-24-18)19-10-6-7-11-20(19)28-3/h6-7,10-12,14,16,23-24H,4-5,8-9,13,15,17H2,1-3H3,(H,26,27). The molecule has 0 spiro atoms. The summed E-state index contributed by atoms with van der Waals surface area (Å²) in [7, 11) is 1.56. The van der Waals surface area contributed by atoms with E-state index in [1.807, 2.05) is 12.1 Å². The van der Waals surface area contributed by atoms with Gasteiger partial charge in [0.25, 0.3) is 0 Å². The number of methoxy groups -OCH3 is 1. The van der Waals surface area contributed by atoms with Gasteiger partial charge in [0.15, 0.2) is 0 Å². The van der Waals surface area contributed by atoms with E-state index in [0.29, 0.717) is 17.9 Å². The molecular weight excluding hydrogens is 354 g/mol. The third-order valence-electron chi connectivity index (χ3n) is 5.21. The van der Waals surface area contributed by atoms with Crippen molar-refractivity contribution in [3.05, 3.63) is 53.9 Å². The van der Waals surface area contributed by atoms with Gasteiger partial charge in [-0.3, -0.25) is 4.79 Å². The van der Waals surface area contributed by atoms with Crippen molar-refractivity contribution in [2.75, 3.05) is 39.8 Å². The van der Waals surface area contributed by atoms with Crippen molar-refractivity contribution in [2.45, 2.75) is 32.1 Å². The molecule has 2 rings (SSSR count). The normalized spacial score (nSPS) is 18.6. The van der Waals surface area contributed by atoms with Crippen molar-refractivity contribution in [1.82, 2.24) is 15.5 Å². The summed E-state index contributed by atoms with van der Waals surface area (Å²) in [4.78, 5) is 14.6. The number of unbranched alkanes of at least 4 members (excludes halogenated alkanes) is 1. The van der Waals surface area contributed by atoms with Gasteiger partial charge in [0.1, 0.15) is 11.2 Å². The summed E-state index contributed by atoms with van der Waals surface area (Å²) < 4.78 is 5.41. The van der Waals surface area contributed by atoms with Crippen LogP contribution in [0.3, 0.4) is 0 Å². The van der Waals surface area contributed by atoms with Crippen LogP contribution < -0.4 is 15.4 Å². The third kappa shape index (κ3) is 5.36. The average molecular weight is 388 g/mol. The number of aliphatic carboxylic acids is 1. The van der Waals surface area contributed by atoms with Crippen molar-refractivity contribution in [3.8, 4) is 5.75 Å². The summed E-state index contributed by atoms with van der Waals surface area (Å²) >= 11 is 0. The Morgan fingerprint density at radius 2 is 2.00 bits per heavy atom. The zero-order valence-electron chi connectivity index (χ0n) is 17.2. The van der Waals surface area contributed by atoms with E-state index in [2.05, 4.69) is 29.4 Å². The summed E-state index contributed by atoms with van der Waals surface area (Å²) in [6.07, 6.45) is 7.40. The molecule has 0 aromatic heterocycles. The van der Waals surface area contributed by atoms with E-state index in [9.17, 15) is 9.90 Å². The molecule has 0 saturated carbocycles. The molecule has 0 aliphatic carbocycles. The topological polar surface area (TPSA) is 73.8 Å². The van der Waals surface area contributed by atoms with Gasteiger partial charge >= 0.3 is 5.97 Å². The van der Waals surface area contributed by atoms with Gasteiger partial charge in [-0.25, -0.2) is 0 Å². The van der Waals surface area contributed by atoms with Crippen molar-refractivity contribution in [2.24, 2.45) is 0 Å².